The number of amides is 1. The van der Waals surface area contributed by atoms with Crippen LogP contribution in [0.5, 0.6) is 5.75 Å². The van der Waals surface area contributed by atoms with E-state index in [-0.39, 0.29) is 29.9 Å². The Morgan fingerprint density at radius 2 is 2.04 bits per heavy atom. The van der Waals surface area contributed by atoms with Crippen LogP contribution in [0.2, 0.25) is 5.02 Å². The van der Waals surface area contributed by atoms with E-state index in [9.17, 15) is 14.9 Å². The average molecular weight is 392 g/mol. The molecular formula is C19H22ClN3O4. The molecule has 27 heavy (non-hydrogen) atoms. The van der Waals surface area contributed by atoms with E-state index < -0.39 is 4.92 Å². The average Bonchev–Trinajstić information content (AvgIpc) is 2.61. The molecule has 144 valence electrons. The molecule has 1 N–H and O–H groups in total. The minimum atomic E-state index is -0.514. The van der Waals surface area contributed by atoms with Crippen LogP contribution in [0.25, 0.3) is 0 Å². The highest BCUT2D eigenvalue weighted by Crippen LogP contribution is 2.29. The van der Waals surface area contributed by atoms with Crippen molar-refractivity contribution in [3.63, 3.8) is 0 Å². The monoisotopic (exact) mass is 391 g/mol. The number of nitro groups is 1. The van der Waals surface area contributed by atoms with Crippen molar-refractivity contribution in [2.75, 3.05) is 19.0 Å². The number of rotatable bonds is 8. The zero-order chi connectivity index (χ0) is 20.0. The molecule has 0 atom stereocenters. The smallest absolute Gasteiger partial charge is 0.273 e. The molecule has 0 unspecified atom stereocenters. The lowest BCUT2D eigenvalue weighted by Crippen LogP contribution is -2.37. The van der Waals surface area contributed by atoms with E-state index >= 15 is 0 Å². The Morgan fingerprint density at radius 1 is 1.30 bits per heavy atom. The maximum atomic E-state index is 12.5. The fourth-order valence-electron chi connectivity index (χ4n) is 2.56. The summed E-state index contributed by atoms with van der Waals surface area (Å²) < 4.78 is 5.15. The second-order valence-corrected chi connectivity index (χ2v) is 6.75. The number of nitro benzene ring substituents is 1. The van der Waals surface area contributed by atoms with Gasteiger partial charge in [-0.1, -0.05) is 23.7 Å². The second-order valence-electron chi connectivity index (χ2n) is 6.32. The quantitative estimate of drug-likeness (QED) is 0.540. The predicted octanol–water partition coefficient (Wildman–Crippen LogP) is 4.11. The Hall–Kier alpha value is -2.64. The highest BCUT2D eigenvalue weighted by Gasteiger charge is 2.17. The van der Waals surface area contributed by atoms with E-state index in [2.05, 4.69) is 5.32 Å². The largest absolute Gasteiger partial charge is 0.494 e. The highest BCUT2D eigenvalue weighted by molar-refractivity contribution is 6.30. The lowest BCUT2D eigenvalue weighted by Gasteiger charge is -2.26. The van der Waals surface area contributed by atoms with Gasteiger partial charge in [0.2, 0.25) is 5.91 Å². The Kier molecular flexibility index (Phi) is 7.15. The summed E-state index contributed by atoms with van der Waals surface area (Å²) in [6.45, 7) is 4.74. The molecule has 1 amide bonds. The van der Waals surface area contributed by atoms with Gasteiger partial charge in [-0.05, 0) is 37.6 Å². The Bertz CT molecular complexity index is 826. The number of hydrogen-bond donors (Lipinski definition) is 1. The summed E-state index contributed by atoms with van der Waals surface area (Å²) in [5.74, 6) is 0.00127. The van der Waals surface area contributed by atoms with E-state index in [1.165, 1.54) is 25.3 Å². The number of carbonyl (C=O) groups is 1. The molecule has 0 aliphatic carbocycles. The standard InChI is InChI=1S/C19H22ClN3O4/c1-13(2)22(11-14-5-4-6-15(20)9-14)12-19(24)21-17-8-7-16(23(25)26)10-18(17)27-3/h4-10,13H,11-12H2,1-3H3,(H,21,24). The van der Waals surface area contributed by atoms with Crippen molar-refractivity contribution < 1.29 is 14.5 Å². The SMILES string of the molecule is COc1cc([N+](=O)[O-])ccc1NC(=O)CN(Cc1cccc(Cl)c1)C(C)C. The van der Waals surface area contributed by atoms with E-state index in [0.717, 1.165) is 5.56 Å². The molecule has 7 nitrogen and oxygen atoms in total. The van der Waals surface area contributed by atoms with Gasteiger partial charge >= 0.3 is 0 Å². The number of non-ortho nitro benzene ring substituents is 1. The summed E-state index contributed by atoms with van der Waals surface area (Å²) in [4.78, 5) is 24.9. The molecule has 0 heterocycles. The van der Waals surface area contributed by atoms with Gasteiger partial charge in [0, 0.05) is 23.7 Å². The lowest BCUT2D eigenvalue weighted by molar-refractivity contribution is -0.384. The molecule has 2 rings (SSSR count). The summed E-state index contributed by atoms with van der Waals surface area (Å²) >= 11 is 6.03. The van der Waals surface area contributed by atoms with Crippen LogP contribution in [0.1, 0.15) is 19.4 Å². The maximum Gasteiger partial charge on any atom is 0.273 e. The van der Waals surface area contributed by atoms with Crippen LogP contribution in [0.4, 0.5) is 11.4 Å². The molecule has 2 aromatic carbocycles. The van der Waals surface area contributed by atoms with Crippen LogP contribution in [-0.4, -0.2) is 35.4 Å². The highest BCUT2D eigenvalue weighted by atomic mass is 35.5. The minimum absolute atomic E-state index is 0.102. The van der Waals surface area contributed by atoms with Crippen molar-refractivity contribution in [1.82, 2.24) is 4.90 Å². The van der Waals surface area contributed by atoms with Gasteiger partial charge < -0.3 is 10.1 Å². The van der Waals surface area contributed by atoms with Crippen molar-refractivity contribution >= 4 is 28.9 Å². The third-order valence-corrected chi connectivity index (χ3v) is 4.26. The molecule has 8 heteroatoms. The first-order chi connectivity index (χ1) is 12.8. The van der Waals surface area contributed by atoms with Gasteiger partial charge in [0.05, 0.1) is 30.3 Å². The number of anilines is 1. The van der Waals surface area contributed by atoms with Crippen molar-refractivity contribution in [3.8, 4) is 5.75 Å². The molecule has 0 radical (unpaired) electrons. The van der Waals surface area contributed by atoms with Gasteiger partial charge in [-0.3, -0.25) is 19.8 Å². The van der Waals surface area contributed by atoms with E-state index in [4.69, 9.17) is 16.3 Å². The molecule has 0 fully saturated rings. The number of methoxy groups -OCH3 is 1. The Morgan fingerprint density at radius 3 is 2.63 bits per heavy atom. The van der Waals surface area contributed by atoms with Gasteiger partial charge in [0.1, 0.15) is 5.75 Å². The van der Waals surface area contributed by atoms with Crippen LogP contribution in [0.3, 0.4) is 0 Å². The first-order valence-corrected chi connectivity index (χ1v) is 8.78. The lowest BCUT2D eigenvalue weighted by atomic mass is 10.2. The van der Waals surface area contributed by atoms with Gasteiger partial charge in [0.15, 0.2) is 0 Å². The Balaban J connectivity index is 2.09. The molecule has 2 aromatic rings. The maximum absolute atomic E-state index is 12.5. The summed E-state index contributed by atoms with van der Waals surface area (Å²) in [5.41, 5.74) is 1.30. The van der Waals surface area contributed by atoms with E-state index in [1.54, 1.807) is 6.07 Å². The third-order valence-electron chi connectivity index (χ3n) is 4.02. The van der Waals surface area contributed by atoms with Crippen molar-refractivity contribution in [1.29, 1.82) is 0 Å². The normalized spacial score (nSPS) is 10.9. The van der Waals surface area contributed by atoms with E-state index in [0.29, 0.717) is 17.3 Å². The topological polar surface area (TPSA) is 84.7 Å². The number of nitrogens with zero attached hydrogens (tertiary/aromatic N) is 2. The first kappa shape index (κ1) is 20.7. The summed E-state index contributed by atoms with van der Waals surface area (Å²) in [5, 5.41) is 14.3. The number of hydrogen-bond acceptors (Lipinski definition) is 5. The number of halogens is 1. The molecule has 0 bridgehead atoms. The number of ether oxygens (including phenoxy) is 1. The first-order valence-electron chi connectivity index (χ1n) is 8.41. The Labute approximate surface area is 163 Å². The van der Waals surface area contributed by atoms with Crippen LogP contribution in [0.15, 0.2) is 42.5 Å². The molecule has 0 aromatic heterocycles. The minimum Gasteiger partial charge on any atom is -0.494 e. The van der Waals surface area contributed by atoms with Gasteiger partial charge in [-0.25, -0.2) is 0 Å². The summed E-state index contributed by atoms with van der Waals surface area (Å²) in [6.07, 6.45) is 0. The molecule has 0 aliphatic rings. The summed E-state index contributed by atoms with van der Waals surface area (Å²) in [7, 11) is 1.40. The molecule has 0 saturated carbocycles. The third kappa shape index (κ3) is 5.94. The van der Waals surface area contributed by atoms with Crippen molar-refractivity contribution in [2.45, 2.75) is 26.4 Å². The van der Waals surface area contributed by atoms with Gasteiger partial charge in [0.25, 0.3) is 5.69 Å². The second kappa shape index (κ2) is 9.34. The predicted molar refractivity (Wildman–Crippen MR) is 105 cm³/mol. The van der Waals surface area contributed by atoms with Crippen LogP contribution >= 0.6 is 11.6 Å². The van der Waals surface area contributed by atoms with Crippen molar-refractivity contribution in [3.05, 3.63) is 63.2 Å². The fourth-order valence-corrected chi connectivity index (χ4v) is 2.77. The summed E-state index contributed by atoms with van der Waals surface area (Å²) in [6, 6.07) is 11.7. The number of carbonyl (C=O) groups excluding carboxylic acids is 1. The van der Waals surface area contributed by atoms with Crippen molar-refractivity contribution in [2.24, 2.45) is 0 Å². The molecular weight excluding hydrogens is 370 g/mol. The fraction of sp³-hybridized carbons (Fsp3) is 0.316. The zero-order valence-electron chi connectivity index (χ0n) is 15.4. The van der Waals surface area contributed by atoms with Gasteiger partial charge in [-0.2, -0.15) is 0 Å². The van der Waals surface area contributed by atoms with Crippen LogP contribution in [0, 0.1) is 10.1 Å². The van der Waals surface area contributed by atoms with Crippen LogP contribution in [-0.2, 0) is 11.3 Å². The molecule has 0 aliphatic heterocycles. The zero-order valence-corrected chi connectivity index (χ0v) is 16.2. The number of benzene rings is 2. The number of nitrogens with one attached hydrogen (secondary N) is 1. The van der Waals surface area contributed by atoms with Crippen LogP contribution < -0.4 is 10.1 Å². The molecule has 0 spiro atoms. The van der Waals surface area contributed by atoms with E-state index in [1.807, 2.05) is 36.9 Å². The molecule has 0 saturated heterocycles. The van der Waals surface area contributed by atoms with Gasteiger partial charge in [-0.15, -0.1) is 0 Å².